The van der Waals surface area contributed by atoms with Gasteiger partial charge in [-0.05, 0) is 43.2 Å². The van der Waals surface area contributed by atoms with E-state index in [1.54, 1.807) is 0 Å². The molecule has 0 saturated carbocycles. The molecule has 16 heavy (non-hydrogen) atoms. The van der Waals surface area contributed by atoms with E-state index in [2.05, 4.69) is 47.1 Å². The summed E-state index contributed by atoms with van der Waals surface area (Å²) < 4.78 is 5.73. The molecule has 0 radical (unpaired) electrons. The second kappa shape index (κ2) is 5.83. The molecular weight excluding hydrogens is 264 g/mol. The summed E-state index contributed by atoms with van der Waals surface area (Å²) in [6, 6.07) is 8.68. The van der Waals surface area contributed by atoms with Crippen molar-refractivity contribution in [3.8, 4) is 0 Å². The Hall–Kier alpha value is -0.340. The SMILES string of the molecule is Cc1ccccc1C(CBr)CC1CCCO1. The first kappa shape index (κ1) is 12.1. The van der Waals surface area contributed by atoms with Gasteiger partial charge in [-0.2, -0.15) is 0 Å². The second-order valence-electron chi connectivity index (χ2n) is 4.58. The van der Waals surface area contributed by atoms with E-state index in [1.807, 2.05) is 0 Å². The molecule has 1 fully saturated rings. The van der Waals surface area contributed by atoms with E-state index in [0.717, 1.165) is 18.4 Å². The topological polar surface area (TPSA) is 9.23 Å². The lowest BCUT2D eigenvalue weighted by molar-refractivity contribution is 0.0996. The highest BCUT2D eigenvalue weighted by atomic mass is 79.9. The number of aryl methyl sites for hydroxylation is 1. The van der Waals surface area contributed by atoms with Crippen LogP contribution in [0.4, 0.5) is 0 Å². The molecule has 1 heterocycles. The summed E-state index contributed by atoms with van der Waals surface area (Å²) in [6.45, 7) is 3.15. The summed E-state index contributed by atoms with van der Waals surface area (Å²) in [7, 11) is 0. The third-order valence-corrected chi connectivity index (χ3v) is 4.17. The highest BCUT2D eigenvalue weighted by Gasteiger charge is 2.21. The minimum atomic E-state index is 0.474. The zero-order chi connectivity index (χ0) is 11.4. The Balaban J connectivity index is 2.06. The molecule has 1 aliphatic rings. The Labute approximate surface area is 106 Å². The van der Waals surface area contributed by atoms with Crippen LogP contribution in [0.15, 0.2) is 24.3 Å². The number of halogens is 1. The van der Waals surface area contributed by atoms with Gasteiger partial charge in [-0.15, -0.1) is 0 Å². The summed E-state index contributed by atoms with van der Waals surface area (Å²) in [5, 5.41) is 1.03. The zero-order valence-electron chi connectivity index (χ0n) is 9.79. The third kappa shape index (κ3) is 2.86. The molecule has 1 nitrogen and oxygen atoms in total. The van der Waals surface area contributed by atoms with Crippen LogP contribution in [0, 0.1) is 6.92 Å². The lowest BCUT2D eigenvalue weighted by Crippen LogP contribution is -2.13. The van der Waals surface area contributed by atoms with Crippen molar-refractivity contribution in [2.45, 2.75) is 38.2 Å². The molecule has 0 N–H and O–H groups in total. The van der Waals surface area contributed by atoms with E-state index in [-0.39, 0.29) is 0 Å². The van der Waals surface area contributed by atoms with E-state index in [4.69, 9.17) is 4.74 Å². The maximum atomic E-state index is 5.73. The predicted molar refractivity (Wildman–Crippen MR) is 71.3 cm³/mol. The van der Waals surface area contributed by atoms with Crippen LogP contribution < -0.4 is 0 Å². The Morgan fingerprint density at radius 2 is 2.25 bits per heavy atom. The predicted octanol–water partition coefficient (Wildman–Crippen LogP) is 4.04. The summed E-state index contributed by atoms with van der Waals surface area (Å²) in [6.07, 6.45) is 4.08. The average molecular weight is 283 g/mol. The number of rotatable bonds is 4. The Morgan fingerprint density at radius 1 is 1.44 bits per heavy atom. The fourth-order valence-electron chi connectivity index (χ4n) is 2.47. The van der Waals surface area contributed by atoms with E-state index >= 15 is 0 Å². The minimum absolute atomic E-state index is 0.474. The van der Waals surface area contributed by atoms with Crippen molar-refractivity contribution in [3.63, 3.8) is 0 Å². The molecule has 0 amide bonds. The Kier molecular flexibility index (Phi) is 4.42. The van der Waals surface area contributed by atoms with Gasteiger partial charge in [0.1, 0.15) is 0 Å². The van der Waals surface area contributed by atoms with Crippen LogP contribution in [-0.4, -0.2) is 18.0 Å². The number of alkyl halides is 1. The van der Waals surface area contributed by atoms with Gasteiger partial charge in [0.2, 0.25) is 0 Å². The van der Waals surface area contributed by atoms with Crippen molar-refractivity contribution >= 4 is 15.9 Å². The molecule has 0 bridgehead atoms. The molecule has 1 aromatic carbocycles. The number of benzene rings is 1. The molecule has 2 heteroatoms. The van der Waals surface area contributed by atoms with Gasteiger partial charge < -0.3 is 4.74 Å². The molecule has 2 atom stereocenters. The quantitative estimate of drug-likeness (QED) is 0.758. The lowest BCUT2D eigenvalue weighted by atomic mass is 9.91. The number of hydrogen-bond acceptors (Lipinski definition) is 1. The molecule has 2 rings (SSSR count). The van der Waals surface area contributed by atoms with Crippen LogP contribution in [0.3, 0.4) is 0 Å². The number of hydrogen-bond donors (Lipinski definition) is 0. The van der Waals surface area contributed by atoms with E-state index in [9.17, 15) is 0 Å². The van der Waals surface area contributed by atoms with Crippen molar-refractivity contribution < 1.29 is 4.74 Å². The van der Waals surface area contributed by atoms with Crippen molar-refractivity contribution in [2.75, 3.05) is 11.9 Å². The summed E-state index contributed by atoms with van der Waals surface area (Å²) >= 11 is 3.64. The highest BCUT2D eigenvalue weighted by molar-refractivity contribution is 9.09. The van der Waals surface area contributed by atoms with Crippen LogP contribution in [0.1, 0.15) is 36.3 Å². The summed E-state index contributed by atoms with van der Waals surface area (Å²) in [5.74, 6) is 0.587. The summed E-state index contributed by atoms with van der Waals surface area (Å²) in [4.78, 5) is 0. The van der Waals surface area contributed by atoms with Gasteiger partial charge in [0, 0.05) is 11.9 Å². The van der Waals surface area contributed by atoms with E-state index in [1.165, 1.54) is 24.0 Å². The normalized spacial score (nSPS) is 22.2. The first-order valence-electron chi connectivity index (χ1n) is 6.04. The lowest BCUT2D eigenvalue weighted by Gasteiger charge is -2.20. The van der Waals surface area contributed by atoms with Gasteiger partial charge in [0.05, 0.1) is 6.10 Å². The van der Waals surface area contributed by atoms with Crippen molar-refractivity contribution in [1.29, 1.82) is 0 Å². The van der Waals surface area contributed by atoms with Crippen molar-refractivity contribution in [1.82, 2.24) is 0 Å². The monoisotopic (exact) mass is 282 g/mol. The van der Waals surface area contributed by atoms with E-state index < -0.39 is 0 Å². The molecular formula is C14H19BrO. The van der Waals surface area contributed by atoms with Gasteiger partial charge in [-0.1, -0.05) is 40.2 Å². The molecule has 0 aliphatic carbocycles. The minimum Gasteiger partial charge on any atom is -0.378 e. The first-order valence-corrected chi connectivity index (χ1v) is 7.16. The molecule has 1 aromatic rings. The van der Waals surface area contributed by atoms with Crippen LogP contribution >= 0.6 is 15.9 Å². The van der Waals surface area contributed by atoms with Gasteiger partial charge in [-0.3, -0.25) is 0 Å². The van der Waals surface area contributed by atoms with Gasteiger partial charge in [0.25, 0.3) is 0 Å². The van der Waals surface area contributed by atoms with Gasteiger partial charge in [0.15, 0.2) is 0 Å². The van der Waals surface area contributed by atoms with E-state index in [0.29, 0.717) is 12.0 Å². The zero-order valence-corrected chi connectivity index (χ0v) is 11.4. The van der Waals surface area contributed by atoms with Crippen LogP contribution in [0.5, 0.6) is 0 Å². The summed E-state index contributed by atoms with van der Waals surface area (Å²) in [5.41, 5.74) is 2.86. The smallest absolute Gasteiger partial charge is 0.0582 e. The maximum Gasteiger partial charge on any atom is 0.0582 e. The molecule has 0 spiro atoms. The van der Waals surface area contributed by atoms with Crippen molar-refractivity contribution in [2.24, 2.45) is 0 Å². The molecule has 2 unspecified atom stereocenters. The third-order valence-electron chi connectivity index (χ3n) is 3.39. The van der Waals surface area contributed by atoms with Crippen LogP contribution in [0.2, 0.25) is 0 Å². The van der Waals surface area contributed by atoms with Crippen LogP contribution in [-0.2, 0) is 4.74 Å². The van der Waals surface area contributed by atoms with Gasteiger partial charge >= 0.3 is 0 Å². The highest BCUT2D eigenvalue weighted by Crippen LogP contribution is 2.30. The molecule has 1 aliphatic heterocycles. The molecule has 0 aromatic heterocycles. The Bertz CT molecular complexity index is 331. The fourth-order valence-corrected chi connectivity index (χ4v) is 3.08. The van der Waals surface area contributed by atoms with Gasteiger partial charge in [-0.25, -0.2) is 0 Å². The Morgan fingerprint density at radius 3 is 2.88 bits per heavy atom. The molecule has 1 saturated heterocycles. The maximum absolute atomic E-state index is 5.73. The second-order valence-corrected chi connectivity index (χ2v) is 5.23. The average Bonchev–Trinajstić information content (AvgIpc) is 2.80. The van der Waals surface area contributed by atoms with Crippen molar-refractivity contribution in [3.05, 3.63) is 35.4 Å². The molecule has 88 valence electrons. The first-order chi connectivity index (χ1) is 7.81. The number of ether oxygens (including phenoxy) is 1. The fraction of sp³-hybridized carbons (Fsp3) is 0.571. The largest absolute Gasteiger partial charge is 0.378 e. The standard InChI is InChI=1S/C14H19BrO/c1-11-5-2-3-7-14(11)12(10-15)9-13-6-4-8-16-13/h2-3,5,7,12-13H,4,6,8-10H2,1H3. The van der Waals surface area contributed by atoms with Crippen LogP contribution in [0.25, 0.3) is 0 Å².